The molecule has 0 atom stereocenters. The fraction of sp³-hybridized carbons (Fsp3) is 0.304. The molecule has 30 heavy (non-hydrogen) atoms. The van der Waals surface area contributed by atoms with Crippen molar-refractivity contribution in [1.82, 2.24) is 14.7 Å². The predicted octanol–water partition coefficient (Wildman–Crippen LogP) is 4.91. The zero-order valence-corrected chi connectivity index (χ0v) is 17.0. The third-order valence-corrected chi connectivity index (χ3v) is 5.34. The molecule has 1 N–H and O–H groups in total. The number of hydrogen-bond acceptors (Lipinski definition) is 4. The van der Waals surface area contributed by atoms with Crippen molar-refractivity contribution < 1.29 is 4.79 Å². The van der Waals surface area contributed by atoms with Gasteiger partial charge in [-0.15, -0.1) is 10.2 Å². The summed E-state index contributed by atoms with van der Waals surface area (Å²) in [5.41, 5.74) is 2.28. The van der Waals surface area contributed by atoms with E-state index < -0.39 is 0 Å². The lowest BCUT2D eigenvalue weighted by molar-refractivity contribution is 0.0762. The van der Waals surface area contributed by atoms with E-state index in [9.17, 15) is 9.59 Å². The standard InChI is InChI=1S/C23H25N5O2/c1-17-21(23(30)28(26-17)18-11-5-4-6-12-18)25-24-20-14-8-7-13-19(20)22(29)27-15-9-2-3-10-16-27/h4-8,11-14,26H,2-3,9-10,15-16H2,1H3. The number of amides is 1. The molecule has 1 saturated heterocycles. The highest BCUT2D eigenvalue weighted by molar-refractivity contribution is 5.98. The van der Waals surface area contributed by atoms with Gasteiger partial charge in [-0.25, -0.2) is 4.68 Å². The van der Waals surface area contributed by atoms with Crippen LogP contribution in [0.15, 0.2) is 69.6 Å². The summed E-state index contributed by atoms with van der Waals surface area (Å²) in [6.07, 6.45) is 4.37. The molecule has 0 saturated carbocycles. The summed E-state index contributed by atoms with van der Waals surface area (Å²) < 4.78 is 1.44. The van der Waals surface area contributed by atoms with Gasteiger partial charge < -0.3 is 4.90 Å². The smallest absolute Gasteiger partial charge is 0.299 e. The third kappa shape index (κ3) is 4.10. The summed E-state index contributed by atoms with van der Waals surface area (Å²) in [7, 11) is 0. The Morgan fingerprint density at radius 2 is 1.57 bits per heavy atom. The lowest BCUT2D eigenvalue weighted by atomic mass is 10.1. The first kappa shape index (κ1) is 19.8. The molecule has 7 nitrogen and oxygen atoms in total. The molecule has 1 amide bonds. The van der Waals surface area contributed by atoms with E-state index in [2.05, 4.69) is 15.3 Å². The number of hydrogen-bond donors (Lipinski definition) is 1. The van der Waals surface area contributed by atoms with Crippen molar-refractivity contribution in [1.29, 1.82) is 0 Å². The number of H-pyrrole nitrogens is 1. The van der Waals surface area contributed by atoms with Crippen molar-refractivity contribution in [2.24, 2.45) is 10.2 Å². The van der Waals surface area contributed by atoms with Crippen molar-refractivity contribution >= 4 is 17.3 Å². The summed E-state index contributed by atoms with van der Waals surface area (Å²) in [5.74, 6) is -0.0288. The summed E-state index contributed by atoms with van der Waals surface area (Å²) in [6.45, 7) is 3.31. The first-order chi connectivity index (χ1) is 14.6. The van der Waals surface area contributed by atoms with Gasteiger partial charge in [0, 0.05) is 13.1 Å². The molecule has 0 radical (unpaired) electrons. The Kier molecular flexibility index (Phi) is 5.88. The van der Waals surface area contributed by atoms with E-state index in [0.29, 0.717) is 16.9 Å². The van der Waals surface area contributed by atoms with E-state index in [-0.39, 0.29) is 17.2 Å². The molecule has 2 aromatic carbocycles. The molecule has 0 aliphatic carbocycles. The fourth-order valence-electron chi connectivity index (χ4n) is 3.70. The van der Waals surface area contributed by atoms with Gasteiger partial charge in [-0.2, -0.15) is 0 Å². The number of para-hydroxylation sites is 1. The maximum atomic E-state index is 13.1. The largest absolute Gasteiger partial charge is 0.339 e. The number of benzene rings is 2. The fourth-order valence-corrected chi connectivity index (χ4v) is 3.70. The van der Waals surface area contributed by atoms with Crippen LogP contribution in [0, 0.1) is 6.92 Å². The number of rotatable bonds is 4. The lowest BCUT2D eigenvalue weighted by Crippen LogP contribution is -2.31. The molecular weight excluding hydrogens is 378 g/mol. The third-order valence-electron chi connectivity index (χ3n) is 5.34. The summed E-state index contributed by atoms with van der Waals surface area (Å²) in [6, 6.07) is 16.5. The van der Waals surface area contributed by atoms with Gasteiger partial charge in [-0.3, -0.25) is 14.7 Å². The van der Waals surface area contributed by atoms with Gasteiger partial charge in [0.15, 0.2) is 5.69 Å². The van der Waals surface area contributed by atoms with Gasteiger partial charge >= 0.3 is 0 Å². The average Bonchev–Trinajstić information content (AvgIpc) is 2.95. The van der Waals surface area contributed by atoms with E-state index >= 15 is 0 Å². The second-order valence-electron chi connectivity index (χ2n) is 7.49. The van der Waals surface area contributed by atoms with Gasteiger partial charge in [0.1, 0.15) is 0 Å². The number of aromatic nitrogens is 2. The van der Waals surface area contributed by atoms with Crippen molar-refractivity contribution in [2.45, 2.75) is 32.6 Å². The maximum absolute atomic E-state index is 13.1. The van der Waals surface area contributed by atoms with Crippen molar-refractivity contribution in [3.63, 3.8) is 0 Å². The molecule has 1 aliphatic heterocycles. The number of aryl methyl sites for hydroxylation is 1. The van der Waals surface area contributed by atoms with Crippen LogP contribution in [0.4, 0.5) is 11.4 Å². The monoisotopic (exact) mass is 403 g/mol. The minimum Gasteiger partial charge on any atom is -0.339 e. The lowest BCUT2D eigenvalue weighted by Gasteiger charge is -2.20. The summed E-state index contributed by atoms with van der Waals surface area (Å²) in [5, 5.41) is 11.5. The van der Waals surface area contributed by atoms with Crippen LogP contribution in [-0.4, -0.2) is 33.7 Å². The van der Waals surface area contributed by atoms with E-state index in [4.69, 9.17) is 0 Å². The topological polar surface area (TPSA) is 82.8 Å². The number of likely N-dealkylation sites (tertiary alicyclic amines) is 1. The number of nitrogens with zero attached hydrogens (tertiary/aromatic N) is 4. The molecule has 0 unspecified atom stereocenters. The molecule has 154 valence electrons. The van der Waals surface area contributed by atoms with Crippen LogP contribution in [0.5, 0.6) is 0 Å². The number of carbonyl (C=O) groups is 1. The maximum Gasteiger partial charge on any atom is 0.299 e. The predicted molar refractivity (Wildman–Crippen MR) is 116 cm³/mol. The zero-order valence-electron chi connectivity index (χ0n) is 17.0. The molecule has 3 aromatic rings. The highest BCUT2D eigenvalue weighted by atomic mass is 16.2. The molecule has 1 aromatic heterocycles. The van der Waals surface area contributed by atoms with E-state index in [1.165, 1.54) is 4.68 Å². The van der Waals surface area contributed by atoms with Gasteiger partial charge in [0.2, 0.25) is 0 Å². The highest BCUT2D eigenvalue weighted by Crippen LogP contribution is 2.25. The molecule has 4 rings (SSSR count). The number of aromatic amines is 1. The van der Waals surface area contributed by atoms with Crippen LogP contribution < -0.4 is 5.56 Å². The highest BCUT2D eigenvalue weighted by Gasteiger charge is 2.20. The molecule has 1 fully saturated rings. The van der Waals surface area contributed by atoms with E-state index in [1.54, 1.807) is 19.1 Å². The average molecular weight is 403 g/mol. The Hall–Kier alpha value is -3.48. The van der Waals surface area contributed by atoms with Crippen molar-refractivity contribution in [2.75, 3.05) is 13.1 Å². The van der Waals surface area contributed by atoms with Gasteiger partial charge in [0.05, 0.1) is 22.6 Å². The van der Waals surface area contributed by atoms with Crippen molar-refractivity contribution in [3.05, 3.63) is 76.2 Å². The molecular formula is C23H25N5O2. The Morgan fingerprint density at radius 1 is 0.900 bits per heavy atom. The number of azo groups is 1. The first-order valence-electron chi connectivity index (χ1n) is 10.3. The van der Waals surface area contributed by atoms with Crippen LogP contribution in [0.3, 0.4) is 0 Å². The van der Waals surface area contributed by atoms with Crippen molar-refractivity contribution in [3.8, 4) is 5.69 Å². The normalized spacial score (nSPS) is 14.8. The van der Waals surface area contributed by atoms with E-state index in [0.717, 1.165) is 44.5 Å². The Bertz CT molecular complexity index is 1110. The minimum absolute atomic E-state index is 0.0288. The van der Waals surface area contributed by atoms with Gasteiger partial charge in [-0.05, 0) is 44.0 Å². The van der Waals surface area contributed by atoms with Crippen LogP contribution in [0.25, 0.3) is 5.69 Å². The molecule has 0 bridgehead atoms. The Morgan fingerprint density at radius 3 is 2.30 bits per heavy atom. The Balaban J connectivity index is 1.64. The van der Waals surface area contributed by atoms with Crippen LogP contribution >= 0.6 is 0 Å². The van der Waals surface area contributed by atoms with E-state index in [1.807, 2.05) is 47.4 Å². The number of nitrogens with one attached hydrogen (secondary N) is 1. The Labute approximate surface area is 175 Å². The van der Waals surface area contributed by atoms with Gasteiger partial charge in [0.25, 0.3) is 11.5 Å². The quantitative estimate of drug-likeness (QED) is 0.628. The number of carbonyl (C=O) groups excluding carboxylic acids is 1. The summed E-state index contributed by atoms with van der Waals surface area (Å²) >= 11 is 0. The zero-order chi connectivity index (χ0) is 20.9. The SMILES string of the molecule is Cc1[nH]n(-c2ccccc2)c(=O)c1N=Nc1ccccc1C(=O)N1CCCCCC1. The minimum atomic E-state index is -0.279. The van der Waals surface area contributed by atoms with Gasteiger partial charge in [-0.1, -0.05) is 43.2 Å². The summed E-state index contributed by atoms with van der Waals surface area (Å²) in [4.78, 5) is 27.8. The second kappa shape index (κ2) is 8.90. The second-order valence-corrected chi connectivity index (χ2v) is 7.49. The van der Waals surface area contributed by atoms with Crippen LogP contribution in [0.1, 0.15) is 41.7 Å². The molecule has 1 aliphatic rings. The first-order valence-corrected chi connectivity index (χ1v) is 10.3. The molecule has 7 heteroatoms. The molecule has 2 heterocycles. The van der Waals surface area contributed by atoms with Crippen LogP contribution in [0.2, 0.25) is 0 Å². The molecule has 0 spiro atoms. The van der Waals surface area contributed by atoms with Crippen LogP contribution in [-0.2, 0) is 0 Å².